The summed E-state index contributed by atoms with van der Waals surface area (Å²) in [4.78, 5) is 12.2. The van der Waals surface area contributed by atoms with Crippen LogP contribution in [0.1, 0.15) is 20.8 Å². The zero-order chi connectivity index (χ0) is 10.1. The Kier molecular flexibility index (Phi) is 2.45. The maximum Gasteiger partial charge on any atom is 0.411 e. The second-order valence-corrected chi connectivity index (χ2v) is 4.23. The van der Waals surface area contributed by atoms with Crippen LogP contribution in [0, 0.1) is 5.41 Å². The average Bonchev–Trinajstić information content (AvgIpc) is 2.03. The van der Waals surface area contributed by atoms with Crippen molar-refractivity contribution in [3.05, 3.63) is 24.4 Å². The Balaban J connectivity index is 2.89. The second kappa shape index (κ2) is 3.24. The average molecular weight is 181 g/mol. The van der Waals surface area contributed by atoms with E-state index in [4.69, 9.17) is 5.11 Å². The summed E-state index contributed by atoms with van der Waals surface area (Å²) < 4.78 is 0. The summed E-state index contributed by atoms with van der Waals surface area (Å²) in [5.41, 5.74) is -0.0698. The van der Waals surface area contributed by atoms with Crippen molar-refractivity contribution in [2.45, 2.75) is 26.8 Å². The molecule has 0 aromatic heterocycles. The minimum atomic E-state index is -0.902. The van der Waals surface area contributed by atoms with E-state index >= 15 is 0 Å². The SMILES string of the molecule is CC(C)(C)[C@@H]1C=CC=CN1C(=O)O. The Hall–Kier alpha value is -1.25. The minimum absolute atomic E-state index is 0.0698. The molecule has 1 N–H and O–H groups in total. The highest BCUT2D eigenvalue weighted by atomic mass is 16.4. The molecule has 0 bridgehead atoms. The lowest BCUT2D eigenvalue weighted by Crippen LogP contribution is -2.43. The molecule has 0 aromatic carbocycles. The topological polar surface area (TPSA) is 40.5 Å². The molecular weight excluding hydrogens is 166 g/mol. The zero-order valence-electron chi connectivity index (χ0n) is 8.19. The third-order valence-electron chi connectivity index (χ3n) is 2.06. The van der Waals surface area contributed by atoms with Gasteiger partial charge in [-0.2, -0.15) is 0 Å². The lowest BCUT2D eigenvalue weighted by Gasteiger charge is -2.35. The van der Waals surface area contributed by atoms with Crippen molar-refractivity contribution >= 4 is 6.09 Å². The summed E-state index contributed by atoms with van der Waals surface area (Å²) in [5.74, 6) is 0. The van der Waals surface area contributed by atoms with E-state index in [9.17, 15) is 4.79 Å². The van der Waals surface area contributed by atoms with Crippen molar-refractivity contribution in [2.75, 3.05) is 0 Å². The highest BCUT2D eigenvalue weighted by Gasteiger charge is 2.30. The largest absolute Gasteiger partial charge is 0.465 e. The van der Waals surface area contributed by atoms with Crippen LogP contribution in [0.3, 0.4) is 0 Å². The molecule has 1 amide bonds. The van der Waals surface area contributed by atoms with Crippen LogP contribution in [0.4, 0.5) is 4.79 Å². The number of rotatable bonds is 0. The van der Waals surface area contributed by atoms with E-state index < -0.39 is 6.09 Å². The van der Waals surface area contributed by atoms with Crippen LogP contribution in [-0.4, -0.2) is 22.1 Å². The molecule has 0 saturated carbocycles. The van der Waals surface area contributed by atoms with Crippen LogP contribution in [0.15, 0.2) is 24.4 Å². The summed E-state index contributed by atoms with van der Waals surface area (Å²) >= 11 is 0. The number of nitrogens with zero attached hydrogens (tertiary/aromatic N) is 1. The number of carbonyl (C=O) groups is 1. The minimum Gasteiger partial charge on any atom is -0.465 e. The van der Waals surface area contributed by atoms with Gasteiger partial charge in [0.15, 0.2) is 0 Å². The highest BCUT2D eigenvalue weighted by molar-refractivity contribution is 5.67. The number of hydrogen-bond acceptors (Lipinski definition) is 1. The molecule has 0 aromatic rings. The number of hydrogen-bond donors (Lipinski definition) is 1. The lowest BCUT2D eigenvalue weighted by atomic mass is 9.85. The molecule has 72 valence electrons. The summed E-state index contributed by atoms with van der Waals surface area (Å²) in [6.45, 7) is 6.07. The zero-order valence-corrected chi connectivity index (χ0v) is 8.19. The van der Waals surface area contributed by atoms with Crippen LogP contribution < -0.4 is 0 Å². The summed E-state index contributed by atoms with van der Waals surface area (Å²) in [5, 5.41) is 8.91. The number of carboxylic acid groups (broad SMARTS) is 1. The molecule has 0 unspecified atom stereocenters. The Morgan fingerprint density at radius 1 is 1.38 bits per heavy atom. The van der Waals surface area contributed by atoms with Crippen LogP contribution in [0.5, 0.6) is 0 Å². The molecule has 1 aliphatic rings. The van der Waals surface area contributed by atoms with Gasteiger partial charge in [0.25, 0.3) is 0 Å². The Morgan fingerprint density at radius 2 is 2.00 bits per heavy atom. The van der Waals surface area contributed by atoms with Crippen molar-refractivity contribution in [3.8, 4) is 0 Å². The molecule has 0 radical (unpaired) electrons. The van der Waals surface area contributed by atoms with E-state index in [2.05, 4.69) is 0 Å². The molecule has 0 spiro atoms. The van der Waals surface area contributed by atoms with Gasteiger partial charge in [-0.3, -0.25) is 4.90 Å². The first kappa shape index (κ1) is 9.84. The first-order valence-electron chi connectivity index (χ1n) is 4.29. The molecule has 0 aliphatic carbocycles. The fraction of sp³-hybridized carbons (Fsp3) is 0.500. The van der Waals surface area contributed by atoms with Crippen molar-refractivity contribution in [3.63, 3.8) is 0 Å². The Bertz CT molecular complexity index is 261. The Morgan fingerprint density at radius 3 is 2.38 bits per heavy atom. The van der Waals surface area contributed by atoms with Gasteiger partial charge in [0.2, 0.25) is 0 Å². The van der Waals surface area contributed by atoms with Gasteiger partial charge < -0.3 is 5.11 Å². The van der Waals surface area contributed by atoms with Crippen molar-refractivity contribution in [1.29, 1.82) is 0 Å². The third-order valence-corrected chi connectivity index (χ3v) is 2.06. The Labute approximate surface area is 78.4 Å². The van der Waals surface area contributed by atoms with Gasteiger partial charge in [-0.25, -0.2) is 4.79 Å². The quantitative estimate of drug-likeness (QED) is 0.623. The second-order valence-electron chi connectivity index (χ2n) is 4.23. The predicted octanol–water partition coefficient (Wildman–Crippen LogP) is 2.46. The normalized spacial score (nSPS) is 22.1. The van der Waals surface area contributed by atoms with Crippen LogP contribution in [0.25, 0.3) is 0 Å². The molecule has 1 aliphatic heterocycles. The molecule has 1 heterocycles. The van der Waals surface area contributed by atoms with Crippen molar-refractivity contribution in [2.24, 2.45) is 5.41 Å². The van der Waals surface area contributed by atoms with Crippen molar-refractivity contribution < 1.29 is 9.90 Å². The van der Waals surface area contributed by atoms with Gasteiger partial charge in [0.1, 0.15) is 0 Å². The van der Waals surface area contributed by atoms with Crippen LogP contribution >= 0.6 is 0 Å². The van der Waals surface area contributed by atoms with Crippen LogP contribution in [0.2, 0.25) is 0 Å². The first-order chi connectivity index (χ1) is 5.93. The lowest BCUT2D eigenvalue weighted by molar-refractivity contribution is 0.127. The van der Waals surface area contributed by atoms with E-state index in [1.165, 1.54) is 4.90 Å². The van der Waals surface area contributed by atoms with Gasteiger partial charge in [-0.1, -0.05) is 32.9 Å². The molecule has 13 heavy (non-hydrogen) atoms. The summed E-state index contributed by atoms with van der Waals surface area (Å²) in [7, 11) is 0. The smallest absolute Gasteiger partial charge is 0.411 e. The summed E-state index contributed by atoms with van der Waals surface area (Å²) in [6.07, 6.45) is 6.22. The van der Waals surface area contributed by atoms with Crippen molar-refractivity contribution in [1.82, 2.24) is 4.90 Å². The maximum absolute atomic E-state index is 10.9. The van der Waals surface area contributed by atoms with E-state index in [0.29, 0.717) is 0 Å². The van der Waals surface area contributed by atoms with Gasteiger partial charge in [0, 0.05) is 6.20 Å². The highest BCUT2D eigenvalue weighted by Crippen LogP contribution is 2.27. The van der Waals surface area contributed by atoms with Gasteiger partial charge in [0.05, 0.1) is 6.04 Å². The monoisotopic (exact) mass is 181 g/mol. The number of allylic oxidation sites excluding steroid dienone is 2. The van der Waals surface area contributed by atoms with E-state index in [1.807, 2.05) is 32.9 Å². The fourth-order valence-electron chi connectivity index (χ4n) is 1.39. The van der Waals surface area contributed by atoms with E-state index in [-0.39, 0.29) is 11.5 Å². The first-order valence-corrected chi connectivity index (χ1v) is 4.29. The fourth-order valence-corrected chi connectivity index (χ4v) is 1.39. The van der Waals surface area contributed by atoms with Gasteiger partial charge in [-0.05, 0) is 11.5 Å². The van der Waals surface area contributed by atoms with Gasteiger partial charge in [-0.15, -0.1) is 0 Å². The van der Waals surface area contributed by atoms with Gasteiger partial charge >= 0.3 is 6.09 Å². The molecule has 1 atom stereocenters. The van der Waals surface area contributed by atoms with E-state index in [0.717, 1.165) is 0 Å². The van der Waals surface area contributed by atoms with E-state index in [1.54, 1.807) is 12.3 Å². The third kappa shape index (κ3) is 2.11. The molecular formula is C10H15NO2. The maximum atomic E-state index is 10.9. The molecule has 3 nitrogen and oxygen atoms in total. The molecule has 1 rings (SSSR count). The molecule has 0 fully saturated rings. The summed E-state index contributed by atoms with van der Waals surface area (Å²) in [6, 6.07) is -0.0741. The number of amides is 1. The standard InChI is InChI=1S/C10H15NO2/c1-10(2,3)8-6-4-5-7-11(8)9(12)13/h4-8H,1-3H3,(H,12,13)/t8-/m0/s1. The van der Waals surface area contributed by atoms with Crippen LogP contribution in [-0.2, 0) is 0 Å². The predicted molar refractivity (Wildman–Crippen MR) is 51.4 cm³/mol. The molecule has 3 heteroatoms. The molecule has 0 saturated heterocycles.